The topological polar surface area (TPSA) is 55.8 Å². The van der Waals surface area contributed by atoms with Crippen LogP contribution in [0.3, 0.4) is 0 Å². The van der Waals surface area contributed by atoms with Crippen LogP contribution >= 0.6 is 0 Å². The maximum absolute atomic E-state index is 13.1. The molecule has 140 valence electrons. The number of aliphatic hydroxyl groups is 1. The average Bonchev–Trinajstić information content (AvgIpc) is 2.66. The van der Waals surface area contributed by atoms with Gasteiger partial charge in [0.25, 0.3) is 0 Å². The predicted molar refractivity (Wildman–Crippen MR) is 101 cm³/mol. The first-order valence-corrected chi connectivity index (χ1v) is 9.41. The van der Waals surface area contributed by atoms with E-state index in [1.165, 1.54) is 0 Å². The molecule has 1 aliphatic heterocycles. The Hall–Kier alpha value is -1.43. The standard InChI is InChI=1S/C20H33N3O2/c1-4-20(5-2,16-24)15-21-19(25)18(17-9-7-6-8-10-17)23-13-11-22(3)12-14-23/h6-10,18,24H,4-5,11-16H2,1-3H3,(H,21,25). The first-order valence-electron chi connectivity index (χ1n) is 9.41. The lowest BCUT2D eigenvalue weighted by Gasteiger charge is -2.38. The predicted octanol–water partition coefficient (Wildman–Crippen LogP) is 1.89. The van der Waals surface area contributed by atoms with Gasteiger partial charge >= 0.3 is 0 Å². The van der Waals surface area contributed by atoms with Crippen LogP contribution in [0.25, 0.3) is 0 Å². The highest BCUT2D eigenvalue weighted by molar-refractivity contribution is 5.83. The summed E-state index contributed by atoms with van der Waals surface area (Å²) in [7, 11) is 2.12. The zero-order valence-corrected chi connectivity index (χ0v) is 15.9. The Kier molecular flexibility index (Phi) is 7.41. The van der Waals surface area contributed by atoms with Gasteiger partial charge in [-0.05, 0) is 25.5 Å². The largest absolute Gasteiger partial charge is 0.396 e. The zero-order valence-electron chi connectivity index (χ0n) is 15.9. The van der Waals surface area contributed by atoms with E-state index in [0.29, 0.717) is 6.54 Å². The molecular formula is C20H33N3O2. The molecule has 1 heterocycles. The number of amides is 1. The molecule has 1 unspecified atom stereocenters. The van der Waals surface area contributed by atoms with Crippen molar-refractivity contribution in [2.45, 2.75) is 32.7 Å². The molecule has 1 aromatic carbocycles. The molecule has 0 aliphatic carbocycles. The van der Waals surface area contributed by atoms with E-state index in [4.69, 9.17) is 0 Å². The molecule has 1 atom stereocenters. The molecule has 1 aliphatic rings. The molecule has 0 spiro atoms. The van der Waals surface area contributed by atoms with Crippen molar-refractivity contribution in [1.82, 2.24) is 15.1 Å². The fourth-order valence-corrected chi connectivity index (χ4v) is 3.39. The van der Waals surface area contributed by atoms with E-state index in [1.54, 1.807) is 0 Å². The first-order chi connectivity index (χ1) is 12.0. The van der Waals surface area contributed by atoms with E-state index in [0.717, 1.165) is 44.6 Å². The minimum Gasteiger partial charge on any atom is -0.396 e. The monoisotopic (exact) mass is 347 g/mol. The van der Waals surface area contributed by atoms with Gasteiger partial charge in [0.2, 0.25) is 5.91 Å². The molecule has 0 radical (unpaired) electrons. The van der Waals surface area contributed by atoms with Crippen LogP contribution in [0.1, 0.15) is 38.3 Å². The van der Waals surface area contributed by atoms with E-state index in [-0.39, 0.29) is 24.0 Å². The number of piperazine rings is 1. The van der Waals surface area contributed by atoms with Gasteiger partial charge in [0.1, 0.15) is 6.04 Å². The van der Waals surface area contributed by atoms with E-state index in [2.05, 4.69) is 36.0 Å². The number of hydrogen-bond acceptors (Lipinski definition) is 4. The first kappa shape index (κ1) is 19.9. The van der Waals surface area contributed by atoms with E-state index in [9.17, 15) is 9.90 Å². The lowest BCUT2D eigenvalue weighted by Crippen LogP contribution is -2.51. The van der Waals surface area contributed by atoms with Crippen LogP contribution < -0.4 is 5.32 Å². The van der Waals surface area contributed by atoms with Gasteiger partial charge in [-0.1, -0.05) is 44.2 Å². The van der Waals surface area contributed by atoms with E-state index in [1.807, 2.05) is 30.3 Å². The summed E-state index contributed by atoms with van der Waals surface area (Å²) in [5, 5.41) is 12.9. The number of nitrogens with zero attached hydrogens (tertiary/aromatic N) is 2. The summed E-state index contributed by atoms with van der Waals surface area (Å²) in [6, 6.07) is 9.75. The molecule has 2 N–H and O–H groups in total. The van der Waals surface area contributed by atoms with Crippen LogP contribution in [0.15, 0.2) is 30.3 Å². The second-order valence-corrected chi connectivity index (χ2v) is 7.24. The average molecular weight is 348 g/mol. The Morgan fingerprint density at radius 1 is 1.16 bits per heavy atom. The van der Waals surface area contributed by atoms with Gasteiger partial charge in [-0.3, -0.25) is 9.69 Å². The maximum Gasteiger partial charge on any atom is 0.241 e. The minimum atomic E-state index is -0.264. The highest BCUT2D eigenvalue weighted by Gasteiger charge is 2.32. The highest BCUT2D eigenvalue weighted by Crippen LogP contribution is 2.26. The number of benzene rings is 1. The number of nitrogens with one attached hydrogen (secondary N) is 1. The van der Waals surface area contributed by atoms with Gasteiger partial charge in [0, 0.05) is 38.1 Å². The van der Waals surface area contributed by atoms with Crippen LogP contribution in [0.2, 0.25) is 0 Å². The molecule has 1 amide bonds. The zero-order chi connectivity index (χ0) is 18.3. The van der Waals surface area contributed by atoms with Gasteiger partial charge in [-0.15, -0.1) is 0 Å². The molecule has 0 bridgehead atoms. The summed E-state index contributed by atoms with van der Waals surface area (Å²) in [5.74, 6) is 0.0375. The van der Waals surface area contributed by atoms with Gasteiger partial charge in [0.05, 0.1) is 6.61 Å². The lowest BCUT2D eigenvalue weighted by atomic mass is 9.83. The fraction of sp³-hybridized carbons (Fsp3) is 0.650. The molecule has 1 saturated heterocycles. The van der Waals surface area contributed by atoms with E-state index >= 15 is 0 Å². The smallest absolute Gasteiger partial charge is 0.241 e. The quantitative estimate of drug-likeness (QED) is 0.754. The summed E-state index contributed by atoms with van der Waals surface area (Å²) in [6.45, 7) is 8.48. The van der Waals surface area contributed by atoms with Crippen LogP contribution in [0, 0.1) is 5.41 Å². The van der Waals surface area contributed by atoms with Gasteiger partial charge in [-0.25, -0.2) is 0 Å². The molecular weight excluding hydrogens is 314 g/mol. The number of likely N-dealkylation sites (N-methyl/N-ethyl adjacent to an activating group) is 1. The molecule has 1 fully saturated rings. The fourth-order valence-electron chi connectivity index (χ4n) is 3.39. The Labute approximate surface area is 152 Å². The highest BCUT2D eigenvalue weighted by atomic mass is 16.3. The minimum absolute atomic E-state index is 0.0375. The van der Waals surface area contributed by atoms with Crippen molar-refractivity contribution in [3.8, 4) is 0 Å². The van der Waals surface area contributed by atoms with Crippen molar-refractivity contribution in [2.24, 2.45) is 5.41 Å². The van der Waals surface area contributed by atoms with Gasteiger partial charge < -0.3 is 15.3 Å². The van der Waals surface area contributed by atoms with Crippen molar-refractivity contribution in [3.63, 3.8) is 0 Å². The summed E-state index contributed by atoms with van der Waals surface area (Å²) in [6.07, 6.45) is 1.70. The van der Waals surface area contributed by atoms with Crippen LogP contribution in [0.5, 0.6) is 0 Å². The third-order valence-corrected chi connectivity index (χ3v) is 5.74. The van der Waals surface area contributed by atoms with E-state index < -0.39 is 0 Å². The third kappa shape index (κ3) is 5.03. The maximum atomic E-state index is 13.1. The summed E-state index contributed by atoms with van der Waals surface area (Å²) in [4.78, 5) is 17.6. The number of carbonyl (C=O) groups excluding carboxylic acids is 1. The second kappa shape index (κ2) is 9.32. The Morgan fingerprint density at radius 2 is 1.76 bits per heavy atom. The molecule has 0 saturated carbocycles. The lowest BCUT2D eigenvalue weighted by molar-refractivity contribution is -0.128. The van der Waals surface area contributed by atoms with Crippen LogP contribution in [0.4, 0.5) is 0 Å². The third-order valence-electron chi connectivity index (χ3n) is 5.74. The second-order valence-electron chi connectivity index (χ2n) is 7.24. The number of aliphatic hydroxyl groups excluding tert-OH is 1. The Morgan fingerprint density at radius 3 is 2.28 bits per heavy atom. The number of carbonyl (C=O) groups is 1. The molecule has 5 nitrogen and oxygen atoms in total. The van der Waals surface area contributed by atoms with Crippen molar-refractivity contribution in [1.29, 1.82) is 0 Å². The van der Waals surface area contributed by atoms with Gasteiger partial charge in [0.15, 0.2) is 0 Å². The molecule has 25 heavy (non-hydrogen) atoms. The van der Waals surface area contributed by atoms with Crippen molar-refractivity contribution < 1.29 is 9.90 Å². The van der Waals surface area contributed by atoms with Crippen LogP contribution in [-0.2, 0) is 4.79 Å². The normalized spacial score (nSPS) is 18.1. The molecule has 0 aromatic heterocycles. The van der Waals surface area contributed by atoms with Crippen molar-refractivity contribution >= 4 is 5.91 Å². The molecule has 1 aromatic rings. The molecule has 5 heteroatoms. The SMILES string of the molecule is CCC(CC)(CO)CNC(=O)C(c1ccccc1)N1CCN(C)CC1. The van der Waals surface area contributed by atoms with Crippen LogP contribution in [-0.4, -0.2) is 67.2 Å². The summed E-state index contributed by atoms with van der Waals surface area (Å²) < 4.78 is 0. The summed E-state index contributed by atoms with van der Waals surface area (Å²) >= 11 is 0. The molecule has 2 rings (SSSR count). The van der Waals surface area contributed by atoms with Crippen molar-refractivity contribution in [2.75, 3.05) is 46.4 Å². The number of hydrogen-bond donors (Lipinski definition) is 2. The summed E-state index contributed by atoms with van der Waals surface area (Å²) in [5.41, 5.74) is 0.811. The van der Waals surface area contributed by atoms with Gasteiger partial charge in [-0.2, -0.15) is 0 Å². The number of rotatable bonds is 8. The Bertz CT molecular complexity index is 515. The Balaban J connectivity index is 2.13. The van der Waals surface area contributed by atoms with Crippen molar-refractivity contribution in [3.05, 3.63) is 35.9 Å².